The Kier molecular flexibility index (Phi) is 6.29. The summed E-state index contributed by atoms with van der Waals surface area (Å²) in [5, 5.41) is 3.89. The molecule has 1 fully saturated rings. The second kappa shape index (κ2) is 7.24. The number of carbonyl (C=O) groups is 1. The smallest absolute Gasteiger partial charge is 0.240 e. The monoisotopic (exact) mass is 306 g/mol. The van der Waals surface area contributed by atoms with Crippen molar-refractivity contribution < 1.29 is 4.79 Å². The van der Waals surface area contributed by atoms with Crippen molar-refractivity contribution in [1.29, 1.82) is 0 Å². The second-order valence-corrected chi connectivity index (χ2v) is 5.50. The van der Waals surface area contributed by atoms with Gasteiger partial charge in [-0.2, -0.15) is 0 Å². The third-order valence-corrected chi connectivity index (χ3v) is 4.06. The van der Waals surface area contributed by atoms with E-state index in [4.69, 9.17) is 11.6 Å². The molecule has 2 rings (SSSR count). The SMILES string of the molecule is CN(Cc1ccccc1Cl)C(=O)C1CSCN1.Cl. The average molecular weight is 307 g/mol. The van der Waals surface area contributed by atoms with Gasteiger partial charge in [0, 0.05) is 30.2 Å². The molecular formula is C12H16Cl2N2OS. The topological polar surface area (TPSA) is 32.3 Å². The number of nitrogens with zero attached hydrogens (tertiary/aromatic N) is 1. The highest BCUT2D eigenvalue weighted by molar-refractivity contribution is 7.99. The molecule has 0 radical (unpaired) electrons. The molecule has 6 heteroatoms. The van der Waals surface area contributed by atoms with Crippen molar-refractivity contribution in [2.75, 3.05) is 18.7 Å². The van der Waals surface area contributed by atoms with E-state index >= 15 is 0 Å². The minimum absolute atomic E-state index is 0. The Morgan fingerprint density at radius 3 is 2.89 bits per heavy atom. The first kappa shape index (κ1) is 15.6. The van der Waals surface area contributed by atoms with Crippen LogP contribution in [-0.2, 0) is 11.3 Å². The van der Waals surface area contributed by atoms with Gasteiger partial charge < -0.3 is 4.90 Å². The lowest BCUT2D eigenvalue weighted by molar-refractivity contribution is -0.131. The Balaban J connectivity index is 0.00000162. The van der Waals surface area contributed by atoms with Gasteiger partial charge >= 0.3 is 0 Å². The molecular weight excluding hydrogens is 291 g/mol. The van der Waals surface area contributed by atoms with Crippen LogP contribution in [0.15, 0.2) is 24.3 Å². The van der Waals surface area contributed by atoms with Crippen LogP contribution in [0.4, 0.5) is 0 Å². The van der Waals surface area contributed by atoms with Crippen molar-refractivity contribution in [2.24, 2.45) is 0 Å². The van der Waals surface area contributed by atoms with Crippen molar-refractivity contribution in [3.63, 3.8) is 0 Å². The number of amides is 1. The molecule has 0 bridgehead atoms. The Morgan fingerprint density at radius 1 is 1.56 bits per heavy atom. The predicted octanol–water partition coefficient (Wildman–Crippen LogP) is 2.38. The van der Waals surface area contributed by atoms with Gasteiger partial charge in [0.15, 0.2) is 0 Å². The lowest BCUT2D eigenvalue weighted by Crippen LogP contribution is -2.42. The molecule has 1 heterocycles. The fraction of sp³-hybridized carbons (Fsp3) is 0.417. The first-order valence-corrected chi connectivity index (χ1v) is 7.01. The van der Waals surface area contributed by atoms with Crippen LogP contribution in [0.25, 0.3) is 0 Å². The molecule has 3 nitrogen and oxygen atoms in total. The Bertz CT molecular complexity index is 411. The van der Waals surface area contributed by atoms with Crippen molar-refractivity contribution in [3.8, 4) is 0 Å². The van der Waals surface area contributed by atoms with E-state index < -0.39 is 0 Å². The van der Waals surface area contributed by atoms with Gasteiger partial charge in [-0.15, -0.1) is 24.2 Å². The van der Waals surface area contributed by atoms with E-state index in [-0.39, 0.29) is 24.4 Å². The zero-order chi connectivity index (χ0) is 12.3. The van der Waals surface area contributed by atoms with Gasteiger partial charge in [-0.1, -0.05) is 29.8 Å². The molecule has 1 aromatic carbocycles. The summed E-state index contributed by atoms with van der Waals surface area (Å²) in [5.74, 6) is 1.84. The van der Waals surface area contributed by atoms with Gasteiger partial charge in [-0.05, 0) is 11.6 Å². The highest BCUT2D eigenvalue weighted by atomic mass is 35.5. The van der Waals surface area contributed by atoms with Gasteiger partial charge in [0.05, 0.1) is 6.04 Å². The van der Waals surface area contributed by atoms with E-state index in [1.54, 1.807) is 16.7 Å². The maximum absolute atomic E-state index is 12.1. The minimum atomic E-state index is -0.0486. The normalized spacial score (nSPS) is 18.2. The molecule has 1 N–H and O–H groups in total. The average Bonchev–Trinajstić information content (AvgIpc) is 2.84. The van der Waals surface area contributed by atoms with Crippen molar-refractivity contribution in [3.05, 3.63) is 34.9 Å². The number of hydrogen-bond donors (Lipinski definition) is 1. The maximum atomic E-state index is 12.1. The van der Waals surface area contributed by atoms with Crippen LogP contribution in [0.5, 0.6) is 0 Å². The van der Waals surface area contributed by atoms with Crippen LogP contribution in [-0.4, -0.2) is 35.5 Å². The largest absolute Gasteiger partial charge is 0.340 e. The molecule has 0 spiro atoms. The van der Waals surface area contributed by atoms with Gasteiger partial charge in [-0.25, -0.2) is 0 Å². The number of benzene rings is 1. The molecule has 0 saturated carbocycles. The third kappa shape index (κ3) is 3.79. The van der Waals surface area contributed by atoms with Crippen LogP contribution in [0.1, 0.15) is 5.56 Å². The van der Waals surface area contributed by atoms with E-state index in [9.17, 15) is 4.79 Å². The second-order valence-electron chi connectivity index (χ2n) is 4.06. The van der Waals surface area contributed by atoms with E-state index in [0.717, 1.165) is 17.2 Å². The molecule has 0 aliphatic carbocycles. The summed E-state index contributed by atoms with van der Waals surface area (Å²) in [6, 6.07) is 7.57. The standard InChI is InChI=1S/C12H15ClN2OS.ClH/c1-15(12(16)11-7-17-8-14-11)6-9-4-2-3-5-10(9)13;/h2-5,11,14H,6-8H2,1H3;1H. The molecule has 1 aromatic rings. The number of rotatable bonds is 3. The fourth-order valence-electron chi connectivity index (χ4n) is 1.78. The zero-order valence-corrected chi connectivity index (χ0v) is 12.4. The van der Waals surface area contributed by atoms with E-state index in [2.05, 4.69) is 5.32 Å². The highest BCUT2D eigenvalue weighted by Crippen LogP contribution is 2.18. The van der Waals surface area contributed by atoms with Gasteiger partial charge in [0.25, 0.3) is 0 Å². The summed E-state index contributed by atoms with van der Waals surface area (Å²) in [4.78, 5) is 13.8. The molecule has 1 atom stereocenters. The van der Waals surface area contributed by atoms with Gasteiger partial charge in [0.1, 0.15) is 0 Å². The summed E-state index contributed by atoms with van der Waals surface area (Å²) in [6.45, 7) is 0.557. The van der Waals surface area contributed by atoms with Crippen molar-refractivity contribution in [1.82, 2.24) is 10.2 Å². The minimum Gasteiger partial charge on any atom is -0.340 e. The molecule has 1 unspecified atom stereocenters. The van der Waals surface area contributed by atoms with Crippen LogP contribution >= 0.6 is 35.8 Å². The summed E-state index contributed by atoms with van der Waals surface area (Å²) in [7, 11) is 1.82. The highest BCUT2D eigenvalue weighted by Gasteiger charge is 2.25. The number of carbonyl (C=O) groups excluding carboxylic acids is 1. The van der Waals surface area contributed by atoms with Gasteiger partial charge in [-0.3, -0.25) is 10.1 Å². The molecule has 1 amide bonds. The molecule has 18 heavy (non-hydrogen) atoms. The fourth-order valence-corrected chi connectivity index (χ4v) is 2.91. The first-order valence-electron chi connectivity index (χ1n) is 5.48. The number of thioether (sulfide) groups is 1. The number of hydrogen-bond acceptors (Lipinski definition) is 3. The molecule has 0 aromatic heterocycles. The van der Waals surface area contributed by atoms with Crippen LogP contribution in [0, 0.1) is 0 Å². The lowest BCUT2D eigenvalue weighted by atomic mass is 10.2. The summed E-state index contributed by atoms with van der Waals surface area (Å²) in [6.07, 6.45) is 0. The molecule has 1 saturated heterocycles. The Hall–Kier alpha value is -0.420. The number of halogens is 2. The Labute approximate surface area is 123 Å². The quantitative estimate of drug-likeness (QED) is 0.930. The first-order chi connectivity index (χ1) is 8.18. The number of nitrogens with one attached hydrogen (secondary N) is 1. The van der Waals surface area contributed by atoms with E-state index in [1.807, 2.05) is 31.3 Å². The summed E-state index contributed by atoms with van der Waals surface area (Å²) in [5.41, 5.74) is 0.982. The maximum Gasteiger partial charge on any atom is 0.240 e. The summed E-state index contributed by atoms with van der Waals surface area (Å²) < 4.78 is 0. The van der Waals surface area contributed by atoms with E-state index in [0.29, 0.717) is 11.6 Å². The van der Waals surface area contributed by atoms with Gasteiger partial charge in [0.2, 0.25) is 5.91 Å². The summed E-state index contributed by atoms with van der Waals surface area (Å²) >= 11 is 7.83. The van der Waals surface area contributed by atoms with Crippen LogP contribution < -0.4 is 5.32 Å². The lowest BCUT2D eigenvalue weighted by Gasteiger charge is -2.21. The molecule has 100 valence electrons. The van der Waals surface area contributed by atoms with E-state index in [1.165, 1.54) is 0 Å². The third-order valence-electron chi connectivity index (χ3n) is 2.76. The molecule has 1 aliphatic rings. The number of likely N-dealkylation sites (N-methyl/N-ethyl adjacent to an activating group) is 1. The van der Waals surface area contributed by atoms with Crippen LogP contribution in [0.3, 0.4) is 0 Å². The van der Waals surface area contributed by atoms with Crippen LogP contribution in [0.2, 0.25) is 5.02 Å². The van der Waals surface area contributed by atoms with Crippen molar-refractivity contribution in [2.45, 2.75) is 12.6 Å². The zero-order valence-electron chi connectivity index (χ0n) is 10.1. The predicted molar refractivity (Wildman–Crippen MR) is 79.4 cm³/mol. The van der Waals surface area contributed by atoms with Crippen molar-refractivity contribution >= 4 is 41.7 Å². The molecule has 1 aliphatic heterocycles. The Morgan fingerprint density at radius 2 is 2.28 bits per heavy atom.